The van der Waals surface area contributed by atoms with Crippen molar-refractivity contribution in [3.05, 3.63) is 59.2 Å². The molecule has 0 bridgehead atoms. The maximum Gasteiger partial charge on any atom is 0.328 e. The number of carbonyl (C=O) groups excluding carboxylic acids is 2. The molecule has 2 aromatic carbocycles. The fraction of sp³-hybridized carbons (Fsp3) is 0.588. The molecule has 0 radical (unpaired) electrons. The third-order valence-corrected chi connectivity index (χ3v) is 9.75. The molecule has 3 rings (SSSR count). The number of esters is 1. The van der Waals surface area contributed by atoms with Gasteiger partial charge >= 0.3 is 5.97 Å². The molecule has 5 nitrogen and oxygen atoms in total. The summed E-state index contributed by atoms with van der Waals surface area (Å²) in [6, 6.07) is 13.4. The number of amides is 1. The zero-order valence-corrected chi connectivity index (χ0v) is 27.0. The largest absolute Gasteiger partial charge is 0.467 e. The van der Waals surface area contributed by atoms with Gasteiger partial charge in [0.15, 0.2) is 0 Å². The summed E-state index contributed by atoms with van der Waals surface area (Å²) in [4.78, 5) is 25.9. The number of hydrogen-bond donors (Lipinski definition) is 1. The van der Waals surface area contributed by atoms with Crippen molar-refractivity contribution in [1.82, 2.24) is 5.32 Å². The lowest BCUT2D eigenvalue weighted by Crippen LogP contribution is -2.42. The lowest BCUT2D eigenvalue weighted by atomic mass is 9.85. The van der Waals surface area contributed by atoms with Crippen LogP contribution in [0.1, 0.15) is 86.2 Å². The van der Waals surface area contributed by atoms with E-state index in [1.807, 2.05) is 48.3 Å². The van der Waals surface area contributed by atoms with E-state index >= 15 is 0 Å². The van der Waals surface area contributed by atoms with Gasteiger partial charge in [-0.05, 0) is 84.3 Å². The normalized spacial score (nSPS) is 15.3. The Morgan fingerprint density at radius 2 is 1.83 bits per heavy atom. The predicted molar refractivity (Wildman–Crippen MR) is 175 cm³/mol. The highest BCUT2D eigenvalue weighted by atomic mass is 32.2. The highest BCUT2D eigenvalue weighted by Crippen LogP contribution is 2.31. The molecular weight excluding hydrogens is 551 g/mol. The molecule has 0 spiro atoms. The van der Waals surface area contributed by atoms with Crippen molar-refractivity contribution in [1.29, 1.82) is 0 Å². The Hall–Kier alpha value is -1.96. The van der Waals surface area contributed by atoms with Crippen LogP contribution in [0.5, 0.6) is 0 Å². The van der Waals surface area contributed by atoms with Crippen LogP contribution in [0.25, 0.3) is 11.1 Å². The Labute approximate surface area is 256 Å². The number of aryl methyl sites for hydroxylation is 1. The lowest BCUT2D eigenvalue weighted by Gasteiger charge is -2.27. The second-order valence-electron chi connectivity index (χ2n) is 11.1. The molecule has 226 valence electrons. The minimum Gasteiger partial charge on any atom is -0.467 e. The third kappa shape index (κ3) is 11.0. The first kappa shape index (κ1) is 33.5. The molecule has 1 saturated carbocycles. The molecule has 2 aromatic rings. The molecule has 1 unspecified atom stereocenters. The zero-order valence-electron chi connectivity index (χ0n) is 25.4. The van der Waals surface area contributed by atoms with Gasteiger partial charge in [-0.3, -0.25) is 4.79 Å². The maximum atomic E-state index is 13.6. The minimum atomic E-state index is -0.682. The van der Waals surface area contributed by atoms with Crippen LogP contribution in [0, 0.1) is 12.8 Å². The van der Waals surface area contributed by atoms with Crippen LogP contribution in [0.3, 0.4) is 0 Å². The van der Waals surface area contributed by atoms with Crippen molar-refractivity contribution in [2.45, 2.75) is 90.4 Å². The van der Waals surface area contributed by atoms with Crippen LogP contribution in [-0.2, 0) is 20.9 Å². The van der Waals surface area contributed by atoms with Gasteiger partial charge < -0.3 is 14.8 Å². The molecule has 0 aliphatic heterocycles. The van der Waals surface area contributed by atoms with Crippen molar-refractivity contribution >= 4 is 35.4 Å². The average molecular weight is 600 g/mol. The molecule has 7 heteroatoms. The van der Waals surface area contributed by atoms with E-state index in [4.69, 9.17) is 9.47 Å². The minimum absolute atomic E-state index is 0.238. The van der Waals surface area contributed by atoms with E-state index in [1.165, 1.54) is 57.8 Å². The monoisotopic (exact) mass is 599 g/mol. The van der Waals surface area contributed by atoms with Gasteiger partial charge in [0.1, 0.15) is 6.04 Å². The van der Waals surface area contributed by atoms with E-state index in [1.54, 1.807) is 11.8 Å². The summed E-state index contributed by atoms with van der Waals surface area (Å²) in [5, 5.41) is 2.94. The third-order valence-electron chi connectivity index (χ3n) is 7.92. The summed E-state index contributed by atoms with van der Waals surface area (Å²) in [5.74, 6) is 3.05. The summed E-state index contributed by atoms with van der Waals surface area (Å²) >= 11 is 3.65. The Bertz CT molecular complexity index is 1090. The Morgan fingerprint density at radius 1 is 1.05 bits per heavy atom. The number of carbonyl (C=O) groups is 2. The molecule has 0 saturated heterocycles. The summed E-state index contributed by atoms with van der Waals surface area (Å²) in [6.45, 7) is 4.82. The Kier molecular flexibility index (Phi) is 15.2. The van der Waals surface area contributed by atoms with Crippen LogP contribution in [0.2, 0.25) is 0 Å². The van der Waals surface area contributed by atoms with Crippen LogP contribution >= 0.6 is 23.5 Å². The molecule has 1 fully saturated rings. The molecule has 1 aliphatic carbocycles. The molecule has 1 N–H and O–H groups in total. The molecule has 0 aromatic heterocycles. The number of nitrogens with one attached hydrogen (secondary N) is 1. The zero-order chi connectivity index (χ0) is 29.5. The van der Waals surface area contributed by atoms with Crippen molar-refractivity contribution in [3.63, 3.8) is 0 Å². The van der Waals surface area contributed by atoms with Gasteiger partial charge in [0.25, 0.3) is 5.91 Å². The Morgan fingerprint density at radius 3 is 2.54 bits per heavy atom. The Balaban J connectivity index is 1.81. The molecule has 0 heterocycles. The number of thioether (sulfide) groups is 2. The van der Waals surface area contributed by atoms with Gasteiger partial charge in [0, 0.05) is 11.3 Å². The van der Waals surface area contributed by atoms with Crippen molar-refractivity contribution in [2.75, 3.05) is 30.6 Å². The molecule has 1 amide bonds. The first-order valence-corrected chi connectivity index (χ1v) is 17.8. The second kappa shape index (κ2) is 18.6. The number of unbranched alkanes of at least 4 members (excludes halogenated alkanes) is 1. The van der Waals surface area contributed by atoms with Gasteiger partial charge in [-0.1, -0.05) is 75.8 Å². The van der Waals surface area contributed by atoms with E-state index in [2.05, 4.69) is 31.3 Å². The van der Waals surface area contributed by atoms with E-state index < -0.39 is 12.0 Å². The number of rotatable bonds is 17. The van der Waals surface area contributed by atoms with Crippen molar-refractivity contribution in [3.8, 4) is 11.1 Å². The number of methoxy groups -OCH3 is 1. The van der Waals surface area contributed by atoms with E-state index in [0.717, 1.165) is 46.1 Å². The standard InChI is InChI=1S/C34H49NO4S2/c1-5-6-19-41-24-28(21-26-13-8-7-9-14-26)39-23-27-16-17-30(31(22-27)29-15-11-10-12-25(29)2)33(36)35-32(18-20-40-4)34(37)38-3/h10-12,15-17,22,26,28,32H,5-9,13-14,18-21,23-24H2,1-4H3,(H,35,36)/t28?,32-/m0/s1. The molecular formula is C34H49NO4S2. The van der Waals surface area contributed by atoms with Crippen molar-refractivity contribution < 1.29 is 19.1 Å². The second-order valence-corrected chi connectivity index (χ2v) is 13.3. The van der Waals surface area contributed by atoms with Gasteiger partial charge in [-0.25, -0.2) is 4.79 Å². The molecule has 1 aliphatic rings. The molecule has 2 atom stereocenters. The summed E-state index contributed by atoms with van der Waals surface area (Å²) in [7, 11) is 1.36. The van der Waals surface area contributed by atoms with Crippen LogP contribution in [0.4, 0.5) is 0 Å². The van der Waals surface area contributed by atoms with Crippen LogP contribution < -0.4 is 5.32 Å². The van der Waals surface area contributed by atoms with E-state index in [-0.39, 0.29) is 12.0 Å². The SMILES string of the molecule is CCCCSCC(CC1CCCCC1)OCc1ccc(C(=O)N[C@@H](CCSC)C(=O)OC)c(-c2ccccc2C)c1. The highest BCUT2D eigenvalue weighted by Gasteiger charge is 2.24. The molecule has 41 heavy (non-hydrogen) atoms. The smallest absolute Gasteiger partial charge is 0.328 e. The summed E-state index contributed by atoms with van der Waals surface area (Å²) in [5.41, 5.74) is 4.56. The highest BCUT2D eigenvalue weighted by molar-refractivity contribution is 7.99. The van der Waals surface area contributed by atoms with Crippen molar-refractivity contribution in [2.24, 2.45) is 5.92 Å². The predicted octanol–water partition coefficient (Wildman–Crippen LogP) is 8.08. The number of benzene rings is 2. The average Bonchev–Trinajstić information content (AvgIpc) is 3.00. The summed E-state index contributed by atoms with van der Waals surface area (Å²) < 4.78 is 11.6. The van der Waals surface area contributed by atoms with Gasteiger partial charge in [-0.15, -0.1) is 0 Å². The van der Waals surface area contributed by atoms with E-state index in [9.17, 15) is 9.59 Å². The fourth-order valence-electron chi connectivity index (χ4n) is 5.49. The first-order valence-electron chi connectivity index (χ1n) is 15.2. The number of ether oxygens (including phenoxy) is 2. The topological polar surface area (TPSA) is 64.6 Å². The quantitative estimate of drug-likeness (QED) is 0.147. The fourth-order valence-corrected chi connectivity index (χ4v) is 7.12. The van der Waals surface area contributed by atoms with Gasteiger partial charge in [0.05, 0.1) is 19.8 Å². The van der Waals surface area contributed by atoms with E-state index in [0.29, 0.717) is 18.6 Å². The lowest BCUT2D eigenvalue weighted by molar-refractivity contribution is -0.142. The number of hydrogen-bond acceptors (Lipinski definition) is 6. The van der Waals surface area contributed by atoms with Crippen LogP contribution in [-0.4, -0.2) is 54.6 Å². The van der Waals surface area contributed by atoms with Crippen LogP contribution in [0.15, 0.2) is 42.5 Å². The van der Waals surface area contributed by atoms with Gasteiger partial charge in [-0.2, -0.15) is 23.5 Å². The maximum absolute atomic E-state index is 13.6. The first-order chi connectivity index (χ1) is 20.0. The van der Waals surface area contributed by atoms with Gasteiger partial charge in [0.2, 0.25) is 0 Å². The summed E-state index contributed by atoms with van der Waals surface area (Å²) in [6.07, 6.45) is 13.0.